The Balaban J connectivity index is 1.79. The van der Waals surface area contributed by atoms with Crippen molar-refractivity contribution >= 4 is 11.7 Å². The second-order valence-corrected chi connectivity index (χ2v) is 5.34. The highest BCUT2D eigenvalue weighted by molar-refractivity contribution is 6.07. The van der Waals surface area contributed by atoms with E-state index in [0.717, 1.165) is 17.7 Å². The van der Waals surface area contributed by atoms with Crippen molar-refractivity contribution < 1.29 is 14.7 Å². The van der Waals surface area contributed by atoms with Crippen molar-refractivity contribution in [3.8, 4) is 5.75 Å². The molecule has 0 spiro atoms. The molecule has 0 radical (unpaired) electrons. The van der Waals surface area contributed by atoms with E-state index in [9.17, 15) is 4.79 Å². The number of amidine groups is 1. The van der Waals surface area contributed by atoms with Crippen LogP contribution in [0.1, 0.15) is 24.8 Å². The van der Waals surface area contributed by atoms with Crippen molar-refractivity contribution in [2.24, 2.45) is 16.3 Å². The molecule has 1 aromatic rings. The molecule has 0 aliphatic heterocycles. The summed E-state index contributed by atoms with van der Waals surface area (Å²) in [4.78, 5) is 12.2. The van der Waals surface area contributed by atoms with Crippen molar-refractivity contribution in [3.63, 3.8) is 0 Å². The third-order valence-corrected chi connectivity index (χ3v) is 3.89. The van der Waals surface area contributed by atoms with Crippen LogP contribution >= 0.6 is 0 Å². The lowest BCUT2D eigenvalue weighted by molar-refractivity contribution is -0.131. The summed E-state index contributed by atoms with van der Waals surface area (Å²) in [5, 5.41) is 14.6. The molecule has 0 aromatic heterocycles. The maximum Gasteiger partial charge on any atom is 0.234 e. The predicted molar refractivity (Wildman–Crippen MR) is 79.4 cm³/mol. The van der Waals surface area contributed by atoms with Crippen LogP contribution in [0.5, 0.6) is 5.75 Å². The second-order valence-electron chi connectivity index (χ2n) is 5.34. The van der Waals surface area contributed by atoms with Gasteiger partial charge in [0, 0.05) is 0 Å². The Hall–Kier alpha value is -2.24. The third-order valence-electron chi connectivity index (χ3n) is 3.89. The molecule has 6 nitrogen and oxygen atoms in total. The number of benzene rings is 1. The molecule has 1 aliphatic rings. The van der Waals surface area contributed by atoms with Crippen molar-refractivity contribution in [3.05, 3.63) is 29.8 Å². The zero-order valence-corrected chi connectivity index (χ0v) is 12.1. The van der Waals surface area contributed by atoms with E-state index >= 15 is 0 Å². The number of rotatable bonds is 6. The molecule has 6 heteroatoms. The molecule has 2 rings (SSSR count). The molecule has 4 N–H and O–H groups in total. The zero-order chi connectivity index (χ0) is 15.3. The summed E-state index contributed by atoms with van der Waals surface area (Å²) in [7, 11) is 0. The van der Waals surface area contributed by atoms with E-state index in [-0.39, 0.29) is 11.7 Å². The highest BCUT2D eigenvalue weighted by atomic mass is 16.5. The van der Waals surface area contributed by atoms with E-state index in [2.05, 4.69) is 10.5 Å². The van der Waals surface area contributed by atoms with Crippen LogP contribution in [0.3, 0.4) is 0 Å². The Morgan fingerprint density at radius 3 is 2.86 bits per heavy atom. The van der Waals surface area contributed by atoms with Crippen molar-refractivity contribution in [2.75, 3.05) is 13.2 Å². The van der Waals surface area contributed by atoms with Gasteiger partial charge >= 0.3 is 0 Å². The van der Waals surface area contributed by atoms with E-state index in [0.29, 0.717) is 26.0 Å². The summed E-state index contributed by atoms with van der Waals surface area (Å²) in [5.41, 5.74) is 5.92. The SMILES string of the molecule is Cc1cccc(OCCNC(=O)C2(/C(N)=N/O)CCC2)c1. The van der Waals surface area contributed by atoms with Crippen LogP contribution in [0.2, 0.25) is 0 Å². The van der Waals surface area contributed by atoms with E-state index in [1.807, 2.05) is 31.2 Å². The van der Waals surface area contributed by atoms with Gasteiger partial charge in [0.05, 0.1) is 6.54 Å². The first-order chi connectivity index (χ1) is 10.1. The summed E-state index contributed by atoms with van der Waals surface area (Å²) < 4.78 is 5.56. The highest BCUT2D eigenvalue weighted by Gasteiger charge is 2.48. The van der Waals surface area contributed by atoms with Gasteiger partial charge in [-0.05, 0) is 37.5 Å². The molecular weight excluding hydrogens is 270 g/mol. The number of hydrogen-bond donors (Lipinski definition) is 3. The molecule has 1 aliphatic carbocycles. The summed E-state index contributed by atoms with van der Waals surface area (Å²) in [6, 6.07) is 7.72. The van der Waals surface area contributed by atoms with Crippen LogP contribution < -0.4 is 15.8 Å². The number of oxime groups is 1. The summed E-state index contributed by atoms with van der Waals surface area (Å²) >= 11 is 0. The third kappa shape index (κ3) is 3.26. The van der Waals surface area contributed by atoms with Crippen LogP contribution in [0, 0.1) is 12.3 Å². The lowest BCUT2D eigenvalue weighted by Gasteiger charge is -2.38. The number of amides is 1. The minimum Gasteiger partial charge on any atom is -0.492 e. The highest BCUT2D eigenvalue weighted by Crippen LogP contribution is 2.41. The Bertz CT molecular complexity index is 539. The van der Waals surface area contributed by atoms with Crippen LogP contribution in [0.4, 0.5) is 0 Å². The molecule has 1 fully saturated rings. The fourth-order valence-electron chi connectivity index (χ4n) is 2.43. The maximum absolute atomic E-state index is 12.2. The number of nitrogens with one attached hydrogen (secondary N) is 1. The molecule has 1 amide bonds. The summed E-state index contributed by atoms with van der Waals surface area (Å²) in [5.74, 6) is 0.571. The van der Waals surface area contributed by atoms with E-state index in [1.54, 1.807) is 0 Å². The molecule has 1 saturated carbocycles. The van der Waals surface area contributed by atoms with E-state index < -0.39 is 5.41 Å². The monoisotopic (exact) mass is 291 g/mol. The smallest absolute Gasteiger partial charge is 0.234 e. The number of nitrogens with zero attached hydrogens (tertiary/aromatic N) is 1. The largest absolute Gasteiger partial charge is 0.492 e. The van der Waals surface area contributed by atoms with Crippen molar-refractivity contribution in [1.29, 1.82) is 0 Å². The number of carbonyl (C=O) groups excluding carboxylic acids is 1. The quantitative estimate of drug-likeness (QED) is 0.243. The number of aryl methyl sites for hydroxylation is 1. The molecule has 0 atom stereocenters. The average molecular weight is 291 g/mol. The Morgan fingerprint density at radius 2 is 2.29 bits per heavy atom. The van der Waals surface area contributed by atoms with E-state index in [1.165, 1.54) is 0 Å². The minimum absolute atomic E-state index is 0.00847. The van der Waals surface area contributed by atoms with Crippen LogP contribution in [0.15, 0.2) is 29.4 Å². The first-order valence-electron chi connectivity index (χ1n) is 7.04. The number of ether oxygens (including phenoxy) is 1. The van der Waals surface area contributed by atoms with Crippen molar-refractivity contribution in [2.45, 2.75) is 26.2 Å². The molecule has 0 bridgehead atoms. The van der Waals surface area contributed by atoms with Crippen LogP contribution in [-0.4, -0.2) is 30.1 Å². The van der Waals surface area contributed by atoms with Gasteiger partial charge in [0.15, 0.2) is 5.84 Å². The fraction of sp³-hybridized carbons (Fsp3) is 0.467. The van der Waals surface area contributed by atoms with Gasteiger partial charge in [0.25, 0.3) is 0 Å². The average Bonchev–Trinajstić information content (AvgIpc) is 2.42. The number of hydrogen-bond acceptors (Lipinski definition) is 4. The molecule has 114 valence electrons. The van der Waals surface area contributed by atoms with Gasteiger partial charge in [-0.2, -0.15) is 0 Å². The predicted octanol–water partition coefficient (Wildman–Crippen LogP) is 1.41. The topological polar surface area (TPSA) is 96.9 Å². The van der Waals surface area contributed by atoms with Gasteiger partial charge in [-0.15, -0.1) is 0 Å². The minimum atomic E-state index is -0.835. The zero-order valence-electron chi connectivity index (χ0n) is 12.1. The van der Waals surface area contributed by atoms with Gasteiger partial charge in [-0.1, -0.05) is 23.7 Å². The van der Waals surface area contributed by atoms with Gasteiger partial charge in [-0.25, -0.2) is 0 Å². The van der Waals surface area contributed by atoms with Crippen LogP contribution in [0.25, 0.3) is 0 Å². The fourth-order valence-corrected chi connectivity index (χ4v) is 2.43. The molecule has 0 heterocycles. The van der Waals surface area contributed by atoms with E-state index in [4.69, 9.17) is 15.7 Å². The number of carbonyl (C=O) groups is 1. The Labute approximate surface area is 124 Å². The molecule has 21 heavy (non-hydrogen) atoms. The molecular formula is C15H21N3O3. The maximum atomic E-state index is 12.2. The first-order valence-corrected chi connectivity index (χ1v) is 7.04. The first kappa shape index (κ1) is 15.2. The Morgan fingerprint density at radius 1 is 1.52 bits per heavy atom. The molecule has 0 unspecified atom stereocenters. The van der Waals surface area contributed by atoms with Crippen molar-refractivity contribution in [1.82, 2.24) is 5.32 Å². The number of nitrogens with two attached hydrogens (primary N) is 1. The van der Waals surface area contributed by atoms with Crippen LogP contribution in [-0.2, 0) is 4.79 Å². The van der Waals surface area contributed by atoms with Gasteiger partial charge in [0.1, 0.15) is 17.8 Å². The Kier molecular flexibility index (Phi) is 4.67. The van der Waals surface area contributed by atoms with Gasteiger partial charge < -0.3 is 21.0 Å². The second kappa shape index (κ2) is 6.47. The van der Waals surface area contributed by atoms with Gasteiger partial charge in [0.2, 0.25) is 5.91 Å². The lowest BCUT2D eigenvalue weighted by Crippen LogP contribution is -2.54. The summed E-state index contributed by atoms with van der Waals surface area (Å²) in [6.07, 6.45) is 2.14. The van der Waals surface area contributed by atoms with Gasteiger partial charge in [-0.3, -0.25) is 4.79 Å². The summed E-state index contributed by atoms with van der Waals surface area (Å²) in [6.45, 7) is 2.75. The standard InChI is InChI=1S/C15H21N3O3/c1-11-4-2-5-12(10-11)21-9-8-17-14(19)15(6-3-7-15)13(16)18-20/h2,4-5,10,20H,3,6-9H2,1H3,(H2,16,18)(H,17,19). The molecule has 0 saturated heterocycles. The molecule has 1 aromatic carbocycles. The normalized spacial score (nSPS) is 16.9. The lowest BCUT2D eigenvalue weighted by atomic mass is 9.67.